The molecule has 0 saturated heterocycles. The van der Waals surface area contributed by atoms with Crippen molar-refractivity contribution in [2.75, 3.05) is 0 Å². The van der Waals surface area contributed by atoms with Crippen molar-refractivity contribution in [1.29, 1.82) is 0 Å². The summed E-state index contributed by atoms with van der Waals surface area (Å²) in [5.41, 5.74) is 1.53. The zero-order valence-corrected chi connectivity index (χ0v) is 13.0. The highest BCUT2D eigenvalue weighted by atomic mass is 35.5. The third-order valence-electron chi connectivity index (χ3n) is 4.17. The fourth-order valence-electron chi connectivity index (χ4n) is 2.80. The number of imidazole rings is 1. The standard InChI is InChI=1S/C14H18ClFN2S/c1-4-14(5-2,6-3)18-12-7-9(15)10(16)8-11(12)17-13(18)19/h7-8H,4-6H2,1-3H3,(H,17,19). The Bertz CT molecular complexity index is 647. The van der Waals surface area contributed by atoms with Gasteiger partial charge >= 0.3 is 0 Å². The second-order valence-corrected chi connectivity index (χ2v) is 5.63. The molecule has 1 aromatic carbocycles. The van der Waals surface area contributed by atoms with Crippen LogP contribution in [0.2, 0.25) is 5.02 Å². The van der Waals surface area contributed by atoms with Crippen LogP contribution in [-0.4, -0.2) is 9.55 Å². The quantitative estimate of drug-likeness (QED) is 0.748. The molecular weight excluding hydrogens is 283 g/mol. The molecule has 0 amide bonds. The molecule has 0 aliphatic heterocycles. The summed E-state index contributed by atoms with van der Waals surface area (Å²) < 4.78 is 16.3. The first-order valence-electron chi connectivity index (χ1n) is 6.59. The number of nitrogens with zero attached hydrogens (tertiary/aromatic N) is 1. The first kappa shape index (κ1) is 14.5. The lowest BCUT2D eigenvalue weighted by Gasteiger charge is -2.33. The normalized spacial score (nSPS) is 12.3. The van der Waals surface area contributed by atoms with E-state index in [2.05, 4.69) is 30.3 Å². The average molecular weight is 301 g/mol. The van der Waals surface area contributed by atoms with Crippen molar-refractivity contribution in [3.63, 3.8) is 0 Å². The predicted molar refractivity (Wildman–Crippen MR) is 80.9 cm³/mol. The molecule has 2 aromatic rings. The molecule has 0 bridgehead atoms. The summed E-state index contributed by atoms with van der Waals surface area (Å²) >= 11 is 11.3. The average Bonchev–Trinajstić information content (AvgIpc) is 2.70. The molecule has 0 unspecified atom stereocenters. The zero-order chi connectivity index (χ0) is 14.2. The molecule has 1 N–H and O–H groups in total. The first-order valence-corrected chi connectivity index (χ1v) is 7.38. The molecule has 0 radical (unpaired) electrons. The Kier molecular flexibility index (Phi) is 4.02. The van der Waals surface area contributed by atoms with E-state index in [1.807, 2.05) is 0 Å². The van der Waals surface area contributed by atoms with Gasteiger partial charge in [-0.25, -0.2) is 4.39 Å². The van der Waals surface area contributed by atoms with E-state index in [1.54, 1.807) is 6.07 Å². The number of halogens is 2. The van der Waals surface area contributed by atoms with Crippen molar-refractivity contribution in [2.45, 2.75) is 45.6 Å². The Morgan fingerprint density at radius 2 is 1.84 bits per heavy atom. The molecule has 104 valence electrons. The number of aromatic nitrogens is 2. The number of rotatable bonds is 4. The van der Waals surface area contributed by atoms with Crippen molar-refractivity contribution in [2.24, 2.45) is 0 Å². The van der Waals surface area contributed by atoms with Gasteiger partial charge in [0.15, 0.2) is 4.77 Å². The van der Waals surface area contributed by atoms with Gasteiger partial charge < -0.3 is 9.55 Å². The summed E-state index contributed by atoms with van der Waals surface area (Å²) in [5.74, 6) is -0.423. The van der Waals surface area contributed by atoms with E-state index >= 15 is 0 Å². The molecule has 19 heavy (non-hydrogen) atoms. The number of benzene rings is 1. The molecule has 0 fully saturated rings. The maximum atomic E-state index is 13.5. The SMILES string of the molecule is CCC(CC)(CC)n1c(=S)[nH]c2cc(F)c(Cl)cc21. The Morgan fingerprint density at radius 1 is 1.26 bits per heavy atom. The van der Waals surface area contributed by atoms with Gasteiger partial charge in [0.2, 0.25) is 0 Å². The van der Waals surface area contributed by atoms with E-state index in [0.29, 0.717) is 10.3 Å². The highest BCUT2D eigenvalue weighted by Gasteiger charge is 2.29. The lowest BCUT2D eigenvalue weighted by Crippen LogP contribution is -2.31. The van der Waals surface area contributed by atoms with Crippen LogP contribution in [0.25, 0.3) is 11.0 Å². The van der Waals surface area contributed by atoms with Crippen LogP contribution < -0.4 is 0 Å². The van der Waals surface area contributed by atoms with Crippen LogP contribution in [0.5, 0.6) is 0 Å². The lowest BCUT2D eigenvalue weighted by atomic mass is 9.89. The summed E-state index contributed by atoms with van der Waals surface area (Å²) in [6.07, 6.45) is 2.91. The molecule has 0 saturated carbocycles. The molecule has 0 aliphatic carbocycles. The number of hydrogen-bond donors (Lipinski definition) is 1. The minimum atomic E-state index is -0.423. The van der Waals surface area contributed by atoms with Gasteiger partial charge in [0.1, 0.15) is 5.82 Å². The second-order valence-electron chi connectivity index (χ2n) is 4.83. The van der Waals surface area contributed by atoms with Gasteiger partial charge in [-0.3, -0.25) is 0 Å². The summed E-state index contributed by atoms with van der Waals surface area (Å²) in [6, 6.07) is 3.07. The van der Waals surface area contributed by atoms with Gasteiger partial charge in [0.25, 0.3) is 0 Å². The second kappa shape index (κ2) is 5.25. The minimum absolute atomic E-state index is 0.0451. The van der Waals surface area contributed by atoms with Crippen LogP contribution in [0.15, 0.2) is 12.1 Å². The predicted octanol–water partition coefficient (Wildman–Crippen LogP) is 5.42. The zero-order valence-electron chi connectivity index (χ0n) is 11.4. The topological polar surface area (TPSA) is 20.7 Å². The van der Waals surface area contributed by atoms with Crippen LogP contribution >= 0.6 is 23.8 Å². The number of nitrogens with one attached hydrogen (secondary N) is 1. The summed E-state index contributed by atoms with van der Waals surface area (Å²) in [4.78, 5) is 3.08. The fraction of sp³-hybridized carbons (Fsp3) is 0.500. The van der Waals surface area contributed by atoms with E-state index in [0.717, 1.165) is 24.8 Å². The molecular formula is C14H18ClFN2S. The maximum Gasteiger partial charge on any atom is 0.178 e. The van der Waals surface area contributed by atoms with Crippen molar-refractivity contribution >= 4 is 34.9 Å². The highest BCUT2D eigenvalue weighted by molar-refractivity contribution is 7.71. The van der Waals surface area contributed by atoms with E-state index in [-0.39, 0.29) is 10.6 Å². The van der Waals surface area contributed by atoms with Gasteiger partial charge in [0.05, 0.1) is 16.1 Å². The highest BCUT2D eigenvalue weighted by Crippen LogP contribution is 2.34. The van der Waals surface area contributed by atoms with Crippen LogP contribution in [0.4, 0.5) is 4.39 Å². The summed E-state index contributed by atoms with van der Waals surface area (Å²) in [6.45, 7) is 6.45. The van der Waals surface area contributed by atoms with Crippen molar-refractivity contribution in [3.8, 4) is 0 Å². The largest absolute Gasteiger partial charge is 0.330 e. The third kappa shape index (κ3) is 2.21. The summed E-state index contributed by atoms with van der Waals surface area (Å²) in [5, 5.41) is 0.132. The van der Waals surface area contributed by atoms with Crippen LogP contribution in [0.1, 0.15) is 40.0 Å². The molecule has 2 rings (SSSR count). The van der Waals surface area contributed by atoms with E-state index < -0.39 is 5.82 Å². The Hall–Kier alpha value is -0.870. The minimum Gasteiger partial charge on any atom is -0.330 e. The van der Waals surface area contributed by atoms with Gasteiger partial charge in [-0.1, -0.05) is 32.4 Å². The monoisotopic (exact) mass is 300 g/mol. The number of fused-ring (bicyclic) bond motifs is 1. The third-order valence-corrected chi connectivity index (χ3v) is 4.75. The van der Waals surface area contributed by atoms with E-state index in [1.165, 1.54) is 6.07 Å². The number of hydrogen-bond acceptors (Lipinski definition) is 1. The van der Waals surface area contributed by atoms with Gasteiger partial charge in [0, 0.05) is 11.6 Å². The Labute approximate surface area is 122 Å². The van der Waals surface area contributed by atoms with Crippen LogP contribution in [0.3, 0.4) is 0 Å². The van der Waals surface area contributed by atoms with Crippen LogP contribution in [-0.2, 0) is 5.54 Å². The number of H-pyrrole nitrogens is 1. The smallest absolute Gasteiger partial charge is 0.178 e. The Morgan fingerprint density at radius 3 is 2.37 bits per heavy atom. The van der Waals surface area contributed by atoms with Crippen molar-refractivity contribution in [1.82, 2.24) is 9.55 Å². The Balaban J connectivity index is 2.83. The van der Waals surface area contributed by atoms with Crippen molar-refractivity contribution < 1.29 is 4.39 Å². The molecule has 1 aromatic heterocycles. The molecule has 0 atom stereocenters. The van der Waals surface area contributed by atoms with Gasteiger partial charge in [-0.15, -0.1) is 0 Å². The summed E-state index contributed by atoms with van der Waals surface area (Å²) in [7, 11) is 0. The van der Waals surface area contributed by atoms with E-state index in [4.69, 9.17) is 23.8 Å². The molecule has 5 heteroatoms. The molecule has 1 heterocycles. The molecule has 0 spiro atoms. The molecule has 2 nitrogen and oxygen atoms in total. The van der Waals surface area contributed by atoms with Crippen LogP contribution in [0, 0.1) is 10.6 Å². The lowest BCUT2D eigenvalue weighted by molar-refractivity contribution is 0.255. The van der Waals surface area contributed by atoms with E-state index in [9.17, 15) is 4.39 Å². The number of aromatic amines is 1. The van der Waals surface area contributed by atoms with Gasteiger partial charge in [-0.05, 0) is 37.5 Å². The first-order chi connectivity index (χ1) is 8.99. The maximum absolute atomic E-state index is 13.5. The van der Waals surface area contributed by atoms with Crippen molar-refractivity contribution in [3.05, 3.63) is 27.7 Å². The van der Waals surface area contributed by atoms with Gasteiger partial charge in [-0.2, -0.15) is 0 Å². The molecule has 0 aliphatic rings. The fourth-order valence-corrected chi connectivity index (χ4v) is 3.36.